The van der Waals surface area contributed by atoms with Crippen molar-refractivity contribution in [3.8, 4) is 0 Å². The molecule has 0 atom stereocenters. The van der Waals surface area contributed by atoms with E-state index in [2.05, 4.69) is 38.2 Å². The first-order chi connectivity index (χ1) is 10.2. The standard InChI is InChI=1S/C14H19Cl2N5/c1-3-6-11(13(17-2)21-7-4-5-8-21)19-12-10(15)9-18-14(16)20-12/h6,9H,3-5,7-8H2,1-2H3,(H,18,19,20)/b11-6+,17-13?. The van der Waals surface area contributed by atoms with Gasteiger partial charge in [-0.3, -0.25) is 4.99 Å². The van der Waals surface area contributed by atoms with Crippen molar-refractivity contribution in [2.75, 3.05) is 25.5 Å². The Hall–Kier alpha value is -1.33. The molecule has 0 aromatic carbocycles. The fraction of sp³-hybridized carbons (Fsp3) is 0.500. The van der Waals surface area contributed by atoms with Gasteiger partial charge in [-0.1, -0.05) is 24.6 Å². The number of allylic oxidation sites excluding steroid dienone is 1. The number of nitrogens with one attached hydrogen (secondary N) is 1. The molecule has 7 heteroatoms. The molecule has 1 aromatic heterocycles. The Morgan fingerprint density at radius 1 is 1.43 bits per heavy atom. The number of hydrogen-bond donors (Lipinski definition) is 1. The number of nitrogens with zero attached hydrogens (tertiary/aromatic N) is 4. The molecule has 1 aliphatic heterocycles. The van der Waals surface area contributed by atoms with Crippen LogP contribution < -0.4 is 5.32 Å². The van der Waals surface area contributed by atoms with Gasteiger partial charge in [0.1, 0.15) is 10.9 Å². The summed E-state index contributed by atoms with van der Waals surface area (Å²) in [5, 5.41) is 3.83. The van der Waals surface area contributed by atoms with Crippen LogP contribution in [0.1, 0.15) is 26.2 Å². The lowest BCUT2D eigenvalue weighted by atomic mass is 10.3. The van der Waals surface area contributed by atoms with Crippen LogP contribution in [0.15, 0.2) is 23.0 Å². The van der Waals surface area contributed by atoms with Crippen LogP contribution >= 0.6 is 23.2 Å². The van der Waals surface area contributed by atoms with Crippen LogP contribution in [-0.2, 0) is 0 Å². The van der Waals surface area contributed by atoms with Gasteiger partial charge in [0.25, 0.3) is 0 Å². The summed E-state index contributed by atoms with van der Waals surface area (Å²) in [7, 11) is 1.80. The topological polar surface area (TPSA) is 53.4 Å². The van der Waals surface area contributed by atoms with Gasteiger partial charge >= 0.3 is 0 Å². The maximum absolute atomic E-state index is 6.12. The molecule has 0 radical (unpaired) electrons. The van der Waals surface area contributed by atoms with Gasteiger partial charge < -0.3 is 10.2 Å². The van der Waals surface area contributed by atoms with E-state index in [0.29, 0.717) is 10.8 Å². The molecule has 0 amide bonds. The summed E-state index contributed by atoms with van der Waals surface area (Å²) < 4.78 is 0. The van der Waals surface area contributed by atoms with Gasteiger partial charge in [-0.2, -0.15) is 4.98 Å². The summed E-state index contributed by atoms with van der Waals surface area (Å²) in [6.45, 7) is 4.12. The highest BCUT2D eigenvalue weighted by atomic mass is 35.5. The number of likely N-dealkylation sites (tertiary alicyclic amines) is 1. The molecule has 1 fully saturated rings. The Morgan fingerprint density at radius 3 is 2.76 bits per heavy atom. The van der Waals surface area contributed by atoms with Crippen LogP contribution in [0.25, 0.3) is 0 Å². The molecule has 0 unspecified atom stereocenters. The number of anilines is 1. The van der Waals surface area contributed by atoms with Crippen molar-refractivity contribution in [2.24, 2.45) is 4.99 Å². The highest BCUT2D eigenvalue weighted by Gasteiger charge is 2.20. The fourth-order valence-corrected chi connectivity index (χ4v) is 2.60. The molecule has 1 N–H and O–H groups in total. The molecule has 0 spiro atoms. The van der Waals surface area contributed by atoms with Crippen LogP contribution in [0, 0.1) is 0 Å². The summed E-state index contributed by atoms with van der Waals surface area (Å²) in [5.74, 6) is 1.43. The largest absolute Gasteiger partial charge is 0.355 e. The SMILES string of the molecule is CC/C=C(/Nc1nc(Cl)ncc1Cl)C(=NC)N1CCCC1. The van der Waals surface area contributed by atoms with Crippen LogP contribution in [0.5, 0.6) is 0 Å². The van der Waals surface area contributed by atoms with Gasteiger partial charge in [-0.15, -0.1) is 0 Å². The molecule has 0 saturated carbocycles. The van der Waals surface area contributed by atoms with Crippen LogP contribution in [0.2, 0.25) is 10.3 Å². The zero-order valence-electron chi connectivity index (χ0n) is 12.2. The first-order valence-corrected chi connectivity index (χ1v) is 7.78. The Kier molecular flexibility index (Phi) is 5.82. The van der Waals surface area contributed by atoms with Crippen molar-refractivity contribution < 1.29 is 0 Å². The predicted molar refractivity (Wildman–Crippen MR) is 88.2 cm³/mol. The molecule has 1 aromatic rings. The lowest BCUT2D eigenvalue weighted by Gasteiger charge is -2.23. The molecule has 1 aliphatic rings. The van der Waals surface area contributed by atoms with Crippen molar-refractivity contribution in [1.82, 2.24) is 14.9 Å². The molecule has 0 bridgehead atoms. The fourth-order valence-electron chi connectivity index (χ4n) is 2.32. The van der Waals surface area contributed by atoms with Gasteiger partial charge in [-0.25, -0.2) is 4.98 Å². The molecule has 21 heavy (non-hydrogen) atoms. The number of amidine groups is 1. The smallest absolute Gasteiger partial charge is 0.224 e. The van der Waals surface area contributed by atoms with E-state index in [-0.39, 0.29) is 5.28 Å². The zero-order valence-corrected chi connectivity index (χ0v) is 13.7. The average Bonchev–Trinajstić information content (AvgIpc) is 2.98. The summed E-state index contributed by atoms with van der Waals surface area (Å²) in [6, 6.07) is 0. The Morgan fingerprint density at radius 2 is 2.14 bits per heavy atom. The summed E-state index contributed by atoms with van der Waals surface area (Å²) in [6.07, 6.45) is 6.83. The second-order valence-electron chi connectivity index (χ2n) is 4.73. The minimum Gasteiger partial charge on any atom is -0.355 e. The van der Waals surface area contributed by atoms with Crippen molar-refractivity contribution in [2.45, 2.75) is 26.2 Å². The summed E-state index contributed by atoms with van der Waals surface area (Å²) in [4.78, 5) is 14.7. The summed E-state index contributed by atoms with van der Waals surface area (Å²) >= 11 is 12.0. The minimum atomic E-state index is 0.161. The number of aromatic nitrogens is 2. The Bertz CT molecular complexity index is 550. The van der Waals surface area contributed by atoms with E-state index < -0.39 is 0 Å². The van der Waals surface area contributed by atoms with Crippen molar-refractivity contribution in [3.63, 3.8) is 0 Å². The van der Waals surface area contributed by atoms with E-state index in [9.17, 15) is 0 Å². The molecule has 1 saturated heterocycles. The average molecular weight is 328 g/mol. The van der Waals surface area contributed by atoms with Gasteiger partial charge in [-0.05, 0) is 30.9 Å². The molecular formula is C14H19Cl2N5. The first-order valence-electron chi connectivity index (χ1n) is 7.03. The maximum atomic E-state index is 6.12. The van der Waals surface area contributed by atoms with Crippen LogP contribution in [-0.4, -0.2) is 40.8 Å². The lowest BCUT2D eigenvalue weighted by molar-refractivity contribution is 0.518. The highest BCUT2D eigenvalue weighted by Crippen LogP contribution is 2.23. The molecule has 0 aliphatic carbocycles. The molecule has 114 valence electrons. The highest BCUT2D eigenvalue weighted by molar-refractivity contribution is 6.33. The number of aliphatic imine (C=N–C) groups is 1. The van der Waals surface area contributed by atoms with Crippen LogP contribution in [0.3, 0.4) is 0 Å². The second kappa shape index (κ2) is 7.61. The van der Waals surface area contributed by atoms with E-state index in [4.69, 9.17) is 23.2 Å². The van der Waals surface area contributed by atoms with E-state index in [1.54, 1.807) is 7.05 Å². The van der Waals surface area contributed by atoms with Gasteiger partial charge in [0.05, 0.1) is 11.9 Å². The number of halogens is 2. The van der Waals surface area contributed by atoms with Crippen LogP contribution in [0.4, 0.5) is 5.82 Å². The van der Waals surface area contributed by atoms with E-state index in [1.807, 2.05) is 0 Å². The normalized spacial score (nSPS) is 16.5. The zero-order chi connectivity index (χ0) is 15.2. The number of rotatable bonds is 4. The van der Waals surface area contributed by atoms with Crippen molar-refractivity contribution in [3.05, 3.63) is 28.3 Å². The van der Waals surface area contributed by atoms with Crippen molar-refractivity contribution >= 4 is 34.9 Å². The Balaban J connectivity index is 2.26. The monoisotopic (exact) mass is 327 g/mol. The lowest BCUT2D eigenvalue weighted by Crippen LogP contribution is -2.32. The van der Waals surface area contributed by atoms with E-state index >= 15 is 0 Å². The molecule has 2 heterocycles. The second-order valence-corrected chi connectivity index (χ2v) is 5.47. The third-order valence-corrected chi connectivity index (χ3v) is 3.69. The molecular weight excluding hydrogens is 309 g/mol. The third kappa shape index (κ3) is 4.08. The van der Waals surface area contributed by atoms with Crippen molar-refractivity contribution in [1.29, 1.82) is 0 Å². The van der Waals surface area contributed by atoms with Gasteiger partial charge in [0.15, 0.2) is 5.82 Å². The quantitative estimate of drug-likeness (QED) is 0.521. The molecule has 2 rings (SSSR count). The van der Waals surface area contributed by atoms with E-state index in [1.165, 1.54) is 19.0 Å². The first kappa shape index (κ1) is 16.0. The number of hydrogen-bond acceptors (Lipinski definition) is 4. The summed E-state index contributed by atoms with van der Waals surface area (Å²) in [5.41, 5.74) is 0.901. The minimum absolute atomic E-state index is 0.161. The van der Waals surface area contributed by atoms with Gasteiger partial charge in [0, 0.05) is 20.1 Å². The maximum Gasteiger partial charge on any atom is 0.224 e. The molecule has 5 nitrogen and oxygen atoms in total. The predicted octanol–water partition coefficient (Wildman–Crippen LogP) is 3.61. The van der Waals surface area contributed by atoms with Gasteiger partial charge in [0.2, 0.25) is 5.28 Å². The Labute approximate surface area is 135 Å². The van der Waals surface area contributed by atoms with E-state index in [0.717, 1.165) is 31.0 Å². The third-order valence-electron chi connectivity index (χ3n) is 3.23.